The van der Waals surface area contributed by atoms with Gasteiger partial charge >= 0.3 is 0 Å². The number of amides is 3. The fourth-order valence-electron chi connectivity index (χ4n) is 6.64. The smallest absolute Gasteiger partial charge is 0.250 e. The zero-order valence-corrected chi connectivity index (χ0v) is 21.8. The van der Waals surface area contributed by atoms with Crippen LogP contribution in [0.4, 0.5) is 5.69 Å². The first-order chi connectivity index (χ1) is 17.8. The third-order valence-electron chi connectivity index (χ3n) is 8.33. The number of nitrogens with one attached hydrogen (secondary N) is 2. The van der Waals surface area contributed by atoms with Crippen LogP contribution in [0.5, 0.6) is 0 Å². The molecule has 2 aromatic rings. The minimum absolute atomic E-state index is 0.0302. The molecular weight excluding hydrogens is 494 g/mol. The van der Waals surface area contributed by atoms with Crippen molar-refractivity contribution in [3.63, 3.8) is 0 Å². The molecule has 2 aromatic carbocycles. The van der Waals surface area contributed by atoms with Crippen LogP contribution >= 0.6 is 11.6 Å². The standard InChI is InChI=1S/C28H32ClN3O5/c1-3-27-12-13-28(37-27)21(20(27)24(34)30-16-18-9-5-4-6-10-18)26(36)32(14-15-33)23(28)25(35)31-22-17(2)8-7-11-19(22)29/h4-11,20-21,23,33H,3,12-16H2,1-2H3,(H,30,34)(H,31,35)/t20-,21+,23?,27+,28?/m1/s1. The predicted octanol–water partition coefficient (Wildman–Crippen LogP) is 3.05. The number of hydrogen-bond donors (Lipinski definition) is 3. The molecule has 3 aliphatic heterocycles. The molecule has 3 heterocycles. The van der Waals surface area contributed by atoms with E-state index < -0.39 is 35.0 Å². The van der Waals surface area contributed by atoms with Crippen LogP contribution in [0.3, 0.4) is 0 Å². The zero-order valence-electron chi connectivity index (χ0n) is 21.0. The number of aliphatic hydroxyl groups is 1. The molecule has 3 fully saturated rings. The number of halogens is 1. The molecule has 3 amide bonds. The number of nitrogens with zero attached hydrogens (tertiary/aromatic N) is 1. The van der Waals surface area contributed by atoms with Crippen molar-refractivity contribution in [1.29, 1.82) is 0 Å². The molecule has 3 aliphatic rings. The summed E-state index contributed by atoms with van der Waals surface area (Å²) in [5, 5.41) is 16.1. The first-order valence-corrected chi connectivity index (χ1v) is 13.1. The second kappa shape index (κ2) is 9.74. The number of carbonyl (C=O) groups excluding carboxylic acids is 3. The van der Waals surface area contributed by atoms with Crippen LogP contribution in [0.2, 0.25) is 5.02 Å². The topological polar surface area (TPSA) is 108 Å². The van der Waals surface area contributed by atoms with E-state index in [0.29, 0.717) is 36.5 Å². The second-order valence-corrected chi connectivity index (χ2v) is 10.6. The van der Waals surface area contributed by atoms with Gasteiger partial charge in [0, 0.05) is 13.1 Å². The Bertz CT molecular complexity index is 1200. The molecule has 3 N–H and O–H groups in total. The van der Waals surface area contributed by atoms with Crippen LogP contribution < -0.4 is 10.6 Å². The fraction of sp³-hybridized carbons (Fsp3) is 0.464. The minimum Gasteiger partial charge on any atom is -0.395 e. The number of anilines is 1. The van der Waals surface area contributed by atoms with Crippen molar-refractivity contribution < 1.29 is 24.2 Å². The van der Waals surface area contributed by atoms with E-state index in [4.69, 9.17) is 16.3 Å². The summed E-state index contributed by atoms with van der Waals surface area (Å²) in [5.41, 5.74) is 0.224. The Morgan fingerprint density at radius 2 is 1.89 bits per heavy atom. The van der Waals surface area contributed by atoms with Gasteiger partial charge in [-0.1, -0.05) is 61.0 Å². The Balaban J connectivity index is 1.48. The van der Waals surface area contributed by atoms with Gasteiger partial charge in [0.1, 0.15) is 11.6 Å². The maximum atomic E-state index is 13.9. The zero-order chi connectivity index (χ0) is 26.4. The molecule has 0 aromatic heterocycles. The quantitative estimate of drug-likeness (QED) is 0.491. The average Bonchev–Trinajstić information content (AvgIpc) is 3.49. The summed E-state index contributed by atoms with van der Waals surface area (Å²) >= 11 is 6.37. The number of rotatable bonds is 8. The number of benzene rings is 2. The summed E-state index contributed by atoms with van der Waals surface area (Å²) in [5.74, 6) is -2.56. The average molecular weight is 526 g/mol. The highest BCUT2D eigenvalue weighted by Gasteiger charge is 2.78. The molecule has 0 aliphatic carbocycles. The fourth-order valence-corrected chi connectivity index (χ4v) is 6.91. The van der Waals surface area contributed by atoms with Gasteiger partial charge in [0.25, 0.3) is 0 Å². The lowest BCUT2D eigenvalue weighted by atomic mass is 9.65. The summed E-state index contributed by atoms with van der Waals surface area (Å²) in [4.78, 5) is 42.7. The van der Waals surface area contributed by atoms with Crippen molar-refractivity contribution in [1.82, 2.24) is 10.2 Å². The molecule has 196 valence electrons. The van der Waals surface area contributed by atoms with Gasteiger partial charge in [-0.25, -0.2) is 0 Å². The van der Waals surface area contributed by atoms with Crippen LogP contribution in [0, 0.1) is 18.8 Å². The molecule has 1 spiro atoms. The summed E-state index contributed by atoms with van der Waals surface area (Å²) in [7, 11) is 0. The SMILES string of the molecule is CC[C@@]12CCC3(O1)C(C(=O)Nc1c(C)cccc1Cl)N(CCO)C(=O)[C@@H]3[C@@H]2C(=O)NCc1ccccc1. The highest BCUT2D eigenvalue weighted by atomic mass is 35.5. The molecule has 0 saturated carbocycles. The number of likely N-dealkylation sites (tertiary alicyclic amines) is 1. The summed E-state index contributed by atoms with van der Waals surface area (Å²) in [6.07, 6.45) is 1.58. The van der Waals surface area contributed by atoms with Gasteiger partial charge in [-0.2, -0.15) is 0 Å². The van der Waals surface area contributed by atoms with E-state index in [1.165, 1.54) is 4.90 Å². The van der Waals surface area contributed by atoms with Gasteiger partial charge in [0.15, 0.2) is 0 Å². The summed E-state index contributed by atoms with van der Waals surface area (Å²) in [6, 6.07) is 13.9. The lowest BCUT2D eigenvalue weighted by molar-refractivity contribution is -0.146. The summed E-state index contributed by atoms with van der Waals surface area (Å²) in [6.45, 7) is 3.78. The molecule has 9 heteroatoms. The molecule has 2 unspecified atom stereocenters. The van der Waals surface area contributed by atoms with Crippen molar-refractivity contribution in [2.24, 2.45) is 11.8 Å². The minimum atomic E-state index is -1.16. The highest BCUT2D eigenvalue weighted by molar-refractivity contribution is 6.34. The van der Waals surface area contributed by atoms with Gasteiger partial charge in [-0.05, 0) is 43.4 Å². The van der Waals surface area contributed by atoms with E-state index in [9.17, 15) is 19.5 Å². The van der Waals surface area contributed by atoms with Crippen LogP contribution in [-0.4, -0.2) is 58.1 Å². The van der Waals surface area contributed by atoms with E-state index in [2.05, 4.69) is 10.6 Å². The molecule has 37 heavy (non-hydrogen) atoms. The van der Waals surface area contributed by atoms with Crippen LogP contribution in [0.25, 0.3) is 0 Å². The monoisotopic (exact) mass is 525 g/mol. The number of hydrogen-bond acceptors (Lipinski definition) is 5. The number of ether oxygens (including phenoxy) is 1. The molecule has 0 radical (unpaired) electrons. The van der Waals surface area contributed by atoms with Crippen molar-refractivity contribution >= 4 is 35.0 Å². The Morgan fingerprint density at radius 1 is 1.14 bits per heavy atom. The van der Waals surface area contributed by atoms with Crippen LogP contribution in [0.1, 0.15) is 37.3 Å². The van der Waals surface area contributed by atoms with E-state index in [1.807, 2.05) is 50.2 Å². The number of carbonyl (C=O) groups is 3. The summed E-state index contributed by atoms with van der Waals surface area (Å²) < 4.78 is 6.69. The van der Waals surface area contributed by atoms with E-state index in [-0.39, 0.29) is 25.0 Å². The molecule has 3 saturated heterocycles. The largest absolute Gasteiger partial charge is 0.395 e. The van der Waals surface area contributed by atoms with Crippen molar-refractivity contribution in [3.05, 3.63) is 64.7 Å². The first kappa shape index (κ1) is 25.7. The molecule has 2 bridgehead atoms. The number of aliphatic hydroxyl groups excluding tert-OH is 1. The van der Waals surface area contributed by atoms with Crippen molar-refractivity contribution in [3.8, 4) is 0 Å². The van der Waals surface area contributed by atoms with E-state index in [0.717, 1.165) is 11.1 Å². The number of β-amino-alcohol motifs (C(OH)–C–C–N with tert-alkyl or cyclic N) is 1. The number of aryl methyl sites for hydroxylation is 1. The first-order valence-electron chi connectivity index (χ1n) is 12.8. The second-order valence-electron chi connectivity index (χ2n) is 10.2. The van der Waals surface area contributed by atoms with Gasteiger partial charge in [0.2, 0.25) is 17.7 Å². The third-order valence-corrected chi connectivity index (χ3v) is 8.65. The van der Waals surface area contributed by atoms with Gasteiger partial charge in [-0.3, -0.25) is 14.4 Å². The molecule has 5 atom stereocenters. The Labute approximate surface area is 221 Å². The van der Waals surface area contributed by atoms with Crippen LogP contribution in [-0.2, 0) is 25.7 Å². The number of fused-ring (bicyclic) bond motifs is 1. The maximum absolute atomic E-state index is 13.9. The third kappa shape index (κ3) is 4.02. The van der Waals surface area contributed by atoms with E-state index in [1.54, 1.807) is 12.1 Å². The van der Waals surface area contributed by atoms with Crippen molar-refractivity contribution in [2.75, 3.05) is 18.5 Å². The highest BCUT2D eigenvalue weighted by Crippen LogP contribution is 2.64. The lowest BCUT2D eigenvalue weighted by Gasteiger charge is -2.34. The molecule has 5 rings (SSSR count). The van der Waals surface area contributed by atoms with Crippen LogP contribution in [0.15, 0.2) is 48.5 Å². The Hall–Kier alpha value is -2.94. The normalized spacial score (nSPS) is 29.9. The maximum Gasteiger partial charge on any atom is 0.250 e. The van der Waals surface area contributed by atoms with Gasteiger partial charge in [-0.15, -0.1) is 0 Å². The van der Waals surface area contributed by atoms with Gasteiger partial charge in [0.05, 0.1) is 34.8 Å². The van der Waals surface area contributed by atoms with E-state index >= 15 is 0 Å². The Morgan fingerprint density at radius 3 is 2.57 bits per heavy atom. The molecular formula is C28H32ClN3O5. The predicted molar refractivity (Wildman–Crippen MR) is 139 cm³/mol. The molecule has 8 nitrogen and oxygen atoms in total. The Kier molecular flexibility index (Phi) is 6.77. The lowest BCUT2D eigenvalue weighted by Crippen LogP contribution is -2.54. The van der Waals surface area contributed by atoms with Crippen molar-refractivity contribution in [2.45, 2.75) is 56.9 Å². The van der Waals surface area contributed by atoms with Gasteiger partial charge < -0.3 is 25.4 Å². The number of para-hydroxylation sites is 1.